The van der Waals surface area contributed by atoms with E-state index in [-0.39, 0.29) is 6.61 Å². The van der Waals surface area contributed by atoms with Gasteiger partial charge in [0.15, 0.2) is 0 Å². The highest BCUT2D eigenvalue weighted by molar-refractivity contribution is 5.92. The van der Waals surface area contributed by atoms with Gasteiger partial charge in [-0.15, -0.1) is 0 Å². The Morgan fingerprint density at radius 2 is 1.72 bits per heavy atom. The summed E-state index contributed by atoms with van der Waals surface area (Å²) in [5.74, 6) is -0.476. The van der Waals surface area contributed by atoms with Crippen molar-refractivity contribution in [3.8, 4) is 6.07 Å². The molecule has 3 nitrogen and oxygen atoms in total. The molecule has 0 saturated heterocycles. The van der Waals surface area contributed by atoms with Gasteiger partial charge in [0.2, 0.25) is 0 Å². The number of benzene rings is 2. The number of hydrogen-bond acceptors (Lipinski definition) is 3. The normalized spacial score (nSPS) is 9.50. The molecule has 0 fully saturated rings. The Morgan fingerprint density at radius 3 is 2.44 bits per heavy atom. The Morgan fingerprint density at radius 1 is 1.06 bits per heavy atom. The summed E-state index contributed by atoms with van der Waals surface area (Å²) in [6, 6.07) is 18.0. The van der Waals surface area contributed by atoms with Crippen molar-refractivity contribution in [2.45, 2.75) is 6.61 Å². The minimum Gasteiger partial charge on any atom is -0.457 e. The van der Waals surface area contributed by atoms with Crippen LogP contribution in [-0.4, -0.2) is 5.97 Å². The molecule has 0 atom stereocenters. The van der Waals surface area contributed by atoms with Crippen molar-refractivity contribution in [2.75, 3.05) is 0 Å². The van der Waals surface area contributed by atoms with Crippen LogP contribution in [0, 0.1) is 11.3 Å². The van der Waals surface area contributed by atoms with Crippen molar-refractivity contribution in [2.24, 2.45) is 0 Å². The minimum absolute atomic E-state index is 0.208. The molecule has 0 aliphatic heterocycles. The van der Waals surface area contributed by atoms with Gasteiger partial charge in [-0.3, -0.25) is 0 Å². The van der Waals surface area contributed by atoms with E-state index in [1.807, 2.05) is 36.4 Å². The molecule has 2 rings (SSSR count). The summed E-state index contributed by atoms with van der Waals surface area (Å²) in [5, 5.41) is 8.89. The second kappa shape index (κ2) is 5.65. The molecular weight excluding hydrogens is 226 g/mol. The molecule has 0 aromatic heterocycles. The standard InChI is InChI=1S/C15H11NO2/c16-10-13-8-4-5-9-14(13)15(17)18-11-12-6-2-1-3-7-12/h1-9H,11H2. The zero-order valence-electron chi connectivity index (χ0n) is 9.67. The molecule has 0 aliphatic carbocycles. The van der Waals surface area contributed by atoms with Crippen molar-refractivity contribution >= 4 is 5.97 Å². The van der Waals surface area contributed by atoms with Gasteiger partial charge in [-0.25, -0.2) is 4.79 Å². The zero-order chi connectivity index (χ0) is 12.8. The number of ether oxygens (including phenoxy) is 1. The van der Waals surface area contributed by atoms with E-state index in [1.54, 1.807) is 24.3 Å². The Bertz CT molecular complexity index is 585. The first kappa shape index (κ1) is 11.9. The summed E-state index contributed by atoms with van der Waals surface area (Å²) in [6.45, 7) is 0.208. The van der Waals surface area contributed by atoms with Gasteiger partial charge < -0.3 is 4.74 Å². The lowest BCUT2D eigenvalue weighted by molar-refractivity contribution is 0.0472. The maximum absolute atomic E-state index is 11.8. The van der Waals surface area contributed by atoms with Gasteiger partial charge in [-0.2, -0.15) is 5.26 Å². The van der Waals surface area contributed by atoms with Crippen LogP contribution in [-0.2, 0) is 11.3 Å². The summed E-state index contributed by atoms with van der Waals surface area (Å²) >= 11 is 0. The third-order valence-electron chi connectivity index (χ3n) is 2.48. The zero-order valence-corrected chi connectivity index (χ0v) is 9.67. The van der Waals surface area contributed by atoms with E-state index >= 15 is 0 Å². The fourth-order valence-electron chi connectivity index (χ4n) is 1.56. The van der Waals surface area contributed by atoms with Crippen LogP contribution >= 0.6 is 0 Å². The van der Waals surface area contributed by atoms with Crippen molar-refractivity contribution in [3.05, 3.63) is 71.3 Å². The lowest BCUT2D eigenvalue weighted by Crippen LogP contribution is -2.07. The number of esters is 1. The smallest absolute Gasteiger partial charge is 0.339 e. The SMILES string of the molecule is N#Cc1ccccc1C(=O)OCc1ccccc1. The van der Waals surface area contributed by atoms with Crippen LogP contribution in [0.15, 0.2) is 54.6 Å². The topological polar surface area (TPSA) is 50.1 Å². The molecule has 0 unspecified atom stereocenters. The van der Waals surface area contributed by atoms with Gasteiger partial charge in [-0.1, -0.05) is 42.5 Å². The monoisotopic (exact) mass is 237 g/mol. The first-order chi connectivity index (χ1) is 8.81. The van der Waals surface area contributed by atoms with Crippen LogP contribution in [0.5, 0.6) is 0 Å². The maximum atomic E-state index is 11.8. The predicted octanol–water partition coefficient (Wildman–Crippen LogP) is 2.92. The first-order valence-electron chi connectivity index (χ1n) is 5.51. The molecule has 0 heterocycles. The molecule has 0 aliphatic rings. The Labute approximate surface area is 105 Å². The van der Waals surface area contributed by atoms with E-state index in [0.717, 1.165) is 5.56 Å². The molecule has 0 radical (unpaired) electrons. The maximum Gasteiger partial charge on any atom is 0.339 e. The summed E-state index contributed by atoms with van der Waals surface area (Å²) in [4.78, 5) is 11.8. The number of carbonyl (C=O) groups is 1. The largest absolute Gasteiger partial charge is 0.457 e. The van der Waals surface area contributed by atoms with Crippen molar-refractivity contribution in [1.82, 2.24) is 0 Å². The molecule has 3 heteroatoms. The van der Waals surface area contributed by atoms with Crippen LogP contribution in [0.4, 0.5) is 0 Å². The van der Waals surface area contributed by atoms with Crippen LogP contribution in [0.1, 0.15) is 21.5 Å². The highest BCUT2D eigenvalue weighted by Crippen LogP contribution is 2.10. The Kier molecular flexibility index (Phi) is 3.72. The molecular formula is C15H11NO2. The van der Waals surface area contributed by atoms with Gasteiger partial charge in [0.25, 0.3) is 0 Å². The molecule has 2 aromatic rings. The number of nitriles is 1. The average molecular weight is 237 g/mol. The lowest BCUT2D eigenvalue weighted by atomic mass is 10.1. The van der Waals surface area contributed by atoms with Crippen molar-refractivity contribution in [3.63, 3.8) is 0 Å². The molecule has 0 amide bonds. The number of carbonyl (C=O) groups excluding carboxylic acids is 1. The number of hydrogen-bond donors (Lipinski definition) is 0. The lowest BCUT2D eigenvalue weighted by Gasteiger charge is -2.05. The second-order valence-corrected chi connectivity index (χ2v) is 3.72. The van der Waals surface area contributed by atoms with E-state index < -0.39 is 5.97 Å². The highest BCUT2D eigenvalue weighted by Gasteiger charge is 2.11. The fraction of sp³-hybridized carbons (Fsp3) is 0.0667. The molecule has 0 saturated carbocycles. The van der Waals surface area contributed by atoms with Crippen LogP contribution in [0.2, 0.25) is 0 Å². The third kappa shape index (κ3) is 2.74. The van der Waals surface area contributed by atoms with Gasteiger partial charge in [0, 0.05) is 0 Å². The van der Waals surface area contributed by atoms with Gasteiger partial charge in [0.05, 0.1) is 11.1 Å². The molecule has 18 heavy (non-hydrogen) atoms. The molecule has 0 N–H and O–H groups in total. The second-order valence-electron chi connectivity index (χ2n) is 3.72. The van der Waals surface area contributed by atoms with E-state index in [1.165, 1.54) is 0 Å². The summed E-state index contributed by atoms with van der Waals surface area (Å²) < 4.78 is 5.17. The molecule has 0 bridgehead atoms. The molecule has 2 aromatic carbocycles. The van der Waals surface area contributed by atoms with Gasteiger partial charge in [-0.05, 0) is 17.7 Å². The molecule has 88 valence electrons. The van der Waals surface area contributed by atoms with Gasteiger partial charge in [0.1, 0.15) is 12.7 Å². The summed E-state index contributed by atoms with van der Waals surface area (Å²) in [7, 11) is 0. The Balaban J connectivity index is 2.07. The summed E-state index contributed by atoms with van der Waals surface area (Å²) in [6.07, 6.45) is 0. The van der Waals surface area contributed by atoms with Gasteiger partial charge >= 0.3 is 5.97 Å². The number of nitrogens with zero attached hydrogens (tertiary/aromatic N) is 1. The third-order valence-corrected chi connectivity index (χ3v) is 2.48. The first-order valence-corrected chi connectivity index (χ1v) is 5.51. The highest BCUT2D eigenvalue weighted by atomic mass is 16.5. The Hall–Kier alpha value is -2.60. The van der Waals surface area contributed by atoms with Crippen LogP contribution < -0.4 is 0 Å². The molecule has 0 spiro atoms. The average Bonchev–Trinajstić information content (AvgIpc) is 2.45. The minimum atomic E-state index is -0.476. The van der Waals surface area contributed by atoms with E-state index in [2.05, 4.69) is 0 Å². The summed E-state index contributed by atoms with van der Waals surface area (Å²) in [5.41, 5.74) is 1.55. The van der Waals surface area contributed by atoms with E-state index in [0.29, 0.717) is 11.1 Å². The predicted molar refractivity (Wildman–Crippen MR) is 66.7 cm³/mol. The fourth-order valence-corrected chi connectivity index (χ4v) is 1.56. The van der Waals surface area contributed by atoms with E-state index in [9.17, 15) is 4.79 Å². The van der Waals surface area contributed by atoms with E-state index in [4.69, 9.17) is 10.00 Å². The van der Waals surface area contributed by atoms with Crippen molar-refractivity contribution < 1.29 is 9.53 Å². The van der Waals surface area contributed by atoms with Crippen LogP contribution in [0.25, 0.3) is 0 Å². The quantitative estimate of drug-likeness (QED) is 0.771. The van der Waals surface area contributed by atoms with Crippen molar-refractivity contribution in [1.29, 1.82) is 5.26 Å². The van der Waals surface area contributed by atoms with Crippen LogP contribution in [0.3, 0.4) is 0 Å². The number of rotatable bonds is 3.